The van der Waals surface area contributed by atoms with Gasteiger partial charge >= 0.3 is 0 Å². The molecule has 0 bridgehead atoms. The van der Waals surface area contributed by atoms with Crippen LogP contribution in [0.4, 0.5) is 0 Å². The molecular weight excluding hydrogens is 482 g/mol. The summed E-state index contributed by atoms with van der Waals surface area (Å²) < 4.78 is 7.49. The molecule has 1 aromatic heterocycles. The molecule has 1 atom stereocenters. The first kappa shape index (κ1) is 27.5. The highest BCUT2D eigenvalue weighted by atomic mass is 16.5. The van der Waals surface area contributed by atoms with Crippen LogP contribution >= 0.6 is 0 Å². The standard InChI is InChI=1S/C34H45N3O2/c1-23(2)37-22-31(21-35-37)28-11-8-12-30(20-28)33(36-34(38)27-9-6-5-7-10-27)26-15-13-25(14-16-26)29-17-18-32(39-4)24(3)19-29/h8,11-12,17-23,25-27,33H,5-7,9-10,13-16H2,1-4H3,(H,36,38). The average Bonchev–Trinajstić information content (AvgIpc) is 3.48. The molecule has 2 aliphatic carbocycles. The second kappa shape index (κ2) is 12.4. The van der Waals surface area contributed by atoms with E-state index in [4.69, 9.17) is 4.74 Å². The van der Waals surface area contributed by atoms with Crippen molar-refractivity contribution in [2.24, 2.45) is 11.8 Å². The van der Waals surface area contributed by atoms with Crippen LogP contribution in [0.25, 0.3) is 11.1 Å². The zero-order valence-electron chi connectivity index (χ0n) is 24.2. The summed E-state index contributed by atoms with van der Waals surface area (Å²) >= 11 is 0. The van der Waals surface area contributed by atoms with Gasteiger partial charge in [0.25, 0.3) is 0 Å². The fourth-order valence-electron chi connectivity index (χ4n) is 6.73. The van der Waals surface area contributed by atoms with Crippen molar-refractivity contribution in [1.29, 1.82) is 0 Å². The van der Waals surface area contributed by atoms with Crippen LogP contribution in [0.3, 0.4) is 0 Å². The first-order valence-electron chi connectivity index (χ1n) is 15.0. The number of benzene rings is 2. The summed E-state index contributed by atoms with van der Waals surface area (Å²) in [5.41, 5.74) is 6.13. The number of amides is 1. The van der Waals surface area contributed by atoms with Crippen LogP contribution in [0.15, 0.2) is 54.9 Å². The molecule has 208 valence electrons. The molecule has 2 aliphatic rings. The number of carbonyl (C=O) groups excluding carboxylic acids is 1. The Morgan fingerprint density at radius 3 is 2.41 bits per heavy atom. The van der Waals surface area contributed by atoms with E-state index in [2.05, 4.69) is 79.8 Å². The fraction of sp³-hybridized carbons (Fsp3) is 0.529. The predicted molar refractivity (Wildman–Crippen MR) is 158 cm³/mol. The molecule has 39 heavy (non-hydrogen) atoms. The summed E-state index contributed by atoms with van der Waals surface area (Å²) in [5, 5.41) is 8.14. The van der Waals surface area contributed by atoms with Crippen molar-refractivity contribution in [2.45, 2.75) is 96.6 Å². The third-order valence-corrected chi connectivity index (χ3v) is 9.12. The lowest BCUT2D eigenvalue weighted by atomic mass is 9.74. The summed E-state index contributed by atoms with van der Waals surface area (Å²) in [7, 11) is 1.74. The normalized spacial score (nSPS) is 21.1. The largest absolute Gasteiger partial charge is 0.496 e. The van der Waals surface area contributed by atoms with Crippen molar-refractivity contribution in [3.63, 3.8) is 0 Å². The van der Waals surface area contributed by atoms with E-state index in [1.807, 2.05) is 10.9 Å². The van der Waals surface area contributed by atoms with Crippen molar-refractivity contribution in [2.75, 3.05) is 7.11 Å². The number of aryl methyl sites for hydroxylation is 1. The van der Waals surface area contributed by atoms with Crippen LogP contribution in [0.2, 0.25) is 0 Å². The van der Waals surface area contributed by atoms with E-state index >= 15 is 0 Å². The summed E-state index contributed by atoms with van der Waals surface area (Å²) in [4.78, 5) is 13.5. The Morgan fingerprint density at radius 1 is 0.974 bits per heavy atom. The third-order valence-electron chi connectivity index (χ3n) is 9.12. The number of nitrogens with one attached hydrogen (secondary N) is 1. The first-order valence-corrected chi connectivity index (χ1v) is 15.0. The molecule has 5 heteroatoms. The molecule has 1 amide bonds. The second-order valence-electron chi connectivity index (χ2n) is 12.1. The first-order chi connectivity index (χ1) is 18.9. The van der Waals surface area contributed by atoms with E-state index < -0.39 is 0 Å². The Bertz CT molecular complexity index is 1250. The van der Waals surface area contributed by atoms with Crippen LogP contribution < -0.4 is 10.1 Å². The topological polar surface area (TPSA) is 56.1 Å². The third kappa shape index (κ3) is 6.40. The summed E-state index contributed by atoms with van der Waals surface area (Å²) in [5.74, 6) is 2.37. The fourth-order valence-corrected chi connectivity index (χ4v) is 6.73. The lowest BCUT2D eigenvalue weighted by molar-refractivity contribution is -0.127. The van der Waals surface area contributed by atoms with Crippen molar-refractivity contribution < 1.29 is 9.53 Å². The molecule has 2 aromatic carbocycles. The second-order valence-corrected chi connectivity index (χ2v) is 12.1. The van der Waals surface area contributed by atoms with Crippen molar-refractivity contribution in [3.05, 3.63) is 71.5 Å². The molecule has 1 heterocycles. The minimum Gasteiger partial charge on any atom is -0.496 e. The van der Waals surface area contributed by atoms with E-state index in [-0.39, 0.29) is 17.9 Å². The van der Waals surface area contributed by atoms with Gasteiger partial charge in [-0.25, -0.2) is 0 Å². The number of ether oxygens (including phenoxy) is 1. The highest BCUT2D eigenvalue weighted by Crippen LogP contribution is 2.42. The van der Waals surface area contributed by atoms with Gasteiger partial charge in [0.2, 0.25) is 5.91 Å². The van der Waals surface area contributed by atoms with Gasteiger partial charge in [-0.2, -0.15) is 5.10 Å². The maximum Gasteiger partial charge on any atom is 0.223 e. The summed E-state index contributed by atoms with van der Waals surface area (Å²) in [6.07, 6.45) is 14.2. The van der Waals surface area contributed by atoms with Crippen molar-refractivity contribution in [3.8, 4) is 16.9 Å². The van der Waals surface area contributed by atoms with E-state index in [9.17, 15) is 4.79 Å². The summed E-state index contributed by atoms with van der Waals surface area (Å²) in [6, 6.07) is 15.8. The van der Waals surface area contributed by atoms with Crippen LogP contribution in [-0.2, 0) is 4.79 Å². The number of aromatic nitrogens is 2. The highest BCUT2D eigenvalue weighted by Gasteiger charge is 2.32. The smallest absolute Gasteiger partial charge is 0.223 e. The number of hydrogen-bond acceptors (Lipinski definition) is 3. The van der Waals surface area contributed by atoms with Gasteiger partial charge in [-0.05, 0) is 106 Å². The zero-order chi connectivity index (χ0) is 27.4. The lowest BCUT2D eigenvalue weighted by Crippen LogP contribution is -2.39. The molecule has 5 nitrogen and oxygen atoms in total. The van der Waals surface area contributed by atoms with E-state index in [1.165, 1.54) is 41.5 Å². The van der Waals surface area contributed by atoms with Gasteiger partial charge in [-0.3, -0.25) is 9.48 Å². The van der Waals surface area contributed by atoms with Crippen LogP contribution in [0.5, 0.6) is 5.75 Å². The molecule has 0 aliphatic heterocycles. The van der Waals surface area contributed by atoms with Gasteiger partial charge in [0.1, 0.15) is 5.75 Å². The van der Waals surface area contributed by atoms with Gasteiger partial charge < -0.3 is 10.1 Å². The SMILES string of the molecule is COc1ccc(C2CCC(C(NC(=O)C3CCCCC3)c3cccc(-c4cnn(C(C)C)c4)c3)CC2)cc1C. The predicted octanol–water partition coefficient (Wildman–Crippen LogP) is 8.16. The average molecular weight is 528 g/mol. The van der Waals surface area contributed by atoms with Gasteiger partial charge in [0.05, 0.1) is 19.3 Å². The zero-order valence-corrected chi connectivity index (χ0v) is 24.2. The maximum absolute atomic E-state index is 13.5. The van der Waals surface area contributed by atoms with Crippen molar-refractivity contribution in [1.82, 2.24) is 15.1 Å². The minimum absolute atomic E-state index is 0.0399. The Hall–Kier alpha value is -3.08. The molecule has 1 N–H and O–H groups in total. The monoisotopic (exact) mass is 527 g/mol. The van der Waals surface area contributed by atoms with Gasteiger partial charge in [0.15, 0.2) is 0 Å². The Morgan fingerprint density at radius 2 is 1.74 bits per heavy atom. The number of nitrogens with zero attached hydrogens (tertiary/aromatic N) is 2. The van der Waals surface area contributed by atoms with Gasteiger partial charge in [0, 0.05) is 23.7 Å². The van der Waals surface area contributed by atoms with Crippen LogP contribution in [0.1, 0.15) is 106 Å². The molecule has 3 aromatic rings. The van der Waals surface area contributed by atoms with Gasteiger partial charge in [-0.1, -0.05) is 49.6 Å². The number of rotatable bonds is 8. The Kier molecular flexibility index (Phi) is 8.74. The maximum atomic E-state index is 13.5. The van der Waals surface area contributed by atoms with Crippen molar-refractivity contribution >= 4 is 5.91 Å². The molecule has 5 rings (SSSR count). The van der Waals surface area contributed by atoms with Gasteiger partial charge in [-0.15, -0.1) is 0 Å². The van der Waals surface area contributed by atoms with E-state index in [1.54, 1.807) is 7.11 Å². The number of hydrogen-bond donors (Lipinski definition) is 1. The van der Waals surface area contributed by atoms with Crippen LogP contribution in [-0.4, -0.2) is 22.8 Å². The highest BCUT2D eigenvalue weighted by molar-refractivity contribution is 5.79. The quantitative estimate of drug-likeness (QED) is 0.321. The lowest BCUT2D eigenvalue weighted by Gasteiger charge is -2.36. The summed E-state index contributed by atoms with van der Waals surface area (Å²) in [6.45, 7) is 6.42. The number of methoxy groups -OCH3 is 1. The molecule has 0 radical (unpaired) electrons. The van der Waals surface area contributed by atoms with Crippen LogP contribution in [0, 0.1) is 18.8 Å². The molecule has 2 saturated carbocycles. The Balaban J connectivity index is 1.36. The molecule has 2 fully saturated rings. The van der Waals surface area contributed by atoms with E-state index in [0.29, 0.717) is 17.9 Å². The molecule has 0 saturated heterocycles. The Labute approximate surface area is 234 Å². The number of carbonyl (C=O) groups is 1. The minimum atomic E-state index is 0.0399. The molecule has 0 spiro atoms. The molecule has 1 unspecified atom stereocenters. The molecular formula is C34H45N3O2. The van der Waals surface area contributed by atoms with E-state index in [0.717, 1.165) is 49.8 Å².